The zero-order valence-electron chi connectivity index (χ0n) is 18.0. The van der Waals surface area contributed by atoms with E-state index in [1.165, 1.54) is 30.6 Å². The molecule has 0 spiro atoms. The number of hydrogen-bond donors (Lipinski definition) is 3. The number of anilines is 1. The molecule has 0 bridgehead atoms. The van der Waals surface area contributed by atoms with Gasteiger partial charge >= 0.3 is 0 Å². The minimum atomic E-state index is -1.03. The Morgan fingerprint density at radius 3 is 2.44 bits per heavy atom. The third-order valence-electron chi connectivity index (χ3n) is 5.31. The van der Waals surface area contributed by atoms with Crippen molar-refractivity contribution in [3.05, 3.63) is 102 Å². The number of nitrogens with zero attached hydrogens (tertiary/aromatic N) is 2. The van der Waals surface area contributed by atoms with Gasteiger partial charge in [0.2, 0.25) is 5.91 Å². The fourth-order valence-corrected chi connectivity index (χ4v) is 3.53. The van der Waals surface area contributed by atoms with E-state index in [1.54, 1.807) is 6.20 Å². The van der Waals surface area contributed by atoms with Gasteiger partial charge in [0.15, 0.2) is 11.6 Å². The van der Waals surface area contributed by atoms with E-state index < -0.39 is 29.5 Å². The van der Waals surface area contributed by atoms with Gasteiger partial charge in [0, 0.05) is 42.5 Å². The molecule has 0 radical (unpaired) electrons. The SMILES string of the molecule is Nc1nccc2cc(CNC(=O)[C@H](Cc3ccc(F)c(F)c3)NC(=O)c3ccncc3)ccc12. The minimum Gasteiger partial charge on any atom is -0.383 e. The van der Waals surface area contributed by atoms with Crippen molar-refractivity contribution in [2.75, 3.05) is 5.73 Å². The number of amides is 2. The Morgan fingerprint density at radius 1 is 0.912 bits per heavy atom. The lowest BCUT2D eigenvalue weighted by Crippen LogP contribution is -2.47. The summed E-state index contributed by atoms with van der Waals surface area (Å²) < 4.78 is 27.0. The molecule has 2 aromatic carbocycles. The van der Waals surface area contributed by atoms with Gasteiger partial charge in [-0.05, 0) is 52.9 Å². The first kappa shape index (κ1) is 22.8. The van der Waals surface area contributed by atoms with Crippen molar-refractivity contribution in [3.8, 4) is 0 Å². The van der Waals surface area contributed by atoms with Crippen LogP contribution in [-0.4, -0.2) is 27.8 Å². The molecule has 0 fully saturated rings. The molecule has 0 saturated carbocycles. The lowest BCUT2D eigenvalue weighted by Gasteiger charge is -2.19. The molecule has 4 N–H and O–H groups in total. The molecule has 4 rings (SSSR count). The predicted molar refractivity (Wildman–Crippen MR) is 124 cm³/mol. The van der Waals surface area contributed by atoms with E-state index in [4.69, 9.17) is 5.73 Å². The first-order chi connectivity index (χ1) is 16.4. The fraction of sp³-hybridized carbons (Fsp3) is 0.120. The molecule has 172 valence electrons. The number of halogens is 2. The molecule has 2 aromatic heterocycles. The van der Waals surface area contributed by atoms with Crippen LogP contribution in [0.25, 0.3) is 10.8 Å². The van der Waals surface area contributed by atoms with E-state index >= 15 is 0 Å². The zero-order valence-corrected chi connectivity index (χ0v) is 18.0. The highest BCUT2D eigenvalue weighted by Crippen LogP contribution is 2.20. The van der Waals surface area contributed by atoms with Crippen molar-refractivity contribution in [1.82, 2.24) is 20.6 Å². The van der Waals surface area contributed by atoms with Crippen molar-refractivity contribution in [2.45, 2.75) is 19.0 Å². The molecule has 0 saturated heterocycles. The van der Waals surface area contributed by atoms with Gasteiger partial charge in [-0.25, -0.2) is 13.8 Å². The Balaban J connectivity index is 1.51. The highest BCUT2D eigenvalue weighted by molar-refractivity contribution is 5.97. The zero-order chi connectivity index (χ0) is 24.1. The number of rotatable bonds is 7. The lowest BCUT2D eigenvalue weighted by molar-refractivity contribution is -0.123. The summed E-state index contributed by atoms with van der Waals surface area (Å²) in [5.41, 5.74) is 7.38. The number of hydrogen-bond acceptors (Lipinski definition) is 5. The van der Waals surface area contributed by atoms with Gasteiger partial charge in [-0.1, -0.05) is 18.2 Å². The van der Waals surface area contributed by atoms with Crippen molar-refractivity contribution in [1.29, 1.82) is 0 Å². The third-order valence-corrected chi connectivity index (χ3v) is 5.31. The van der Waals surface area contributed by atoms with Crippen LogP contribution in [0.3, 0.4) is 0 Å². The van der Waals surface area contributed by atoms with Gasteiger partial charge in [0.25, 0.3) is 5.91 Å². The lowest BCUT2D eigenvalue weighted by atomic mass is 10.0. The smallest absolute Gasteiger partial charge is 0.252 e. The number of nitrogen functional groups attached to an aromatic ring is 1. The van der Waals surface area contributed by atoms with Crippen molar-refractivity contribution in [3.63, 3.8) is 0 Å². The second-order valence-electron chi connectivity index (χ2n) is 7.68. The van der Waals surface area contributed by atoms with Gasteiger partial charge in [-0.2, -0.15) is 0 Å². The summed E-state index contributed by atoms with van der Waals surface area (Å²) in [4.78, 5) is 33.6. The second kappa shape index (κ2) is 10.0. The van der Waals surface area contributed by atoms with Crippen LogP contribution in [0.1, 0.15) is 21.5 Å². The predicted octanol–water partition coefficient (Wildman–Crippen LogP) is 3.15. The number of benzene rings is 2. The third kappa shape index (κ3) is 5.32. The largest absolute Gasteiger partial charge is 0.383 e. The van der Waals surface area contributed by atoms with E-state index in [0.29, 0.717) is 16.9 Å². The fourth-order valence-electron chi connectivity index (χ4n) is 3.53. The van der Waals surface area contributed by atoms with Crippen LogP contribution in [0.2, 0.25) is 0 Å². The van der Waals surface area contributed by atoms with E-state index in [0.717, 1.165) is 28.5 Å². The average Bonchev–Trinajstić information content (AvgIpc) is 2.85. The molecule has 4 aromatic rings. The van der Waals surface area contributed by atoms with Crippen LogP contribution >= 0.6 is 0 Å². The maximum absolute atomic E-state index is 13.7. The molecule has 0 aliphatic carbocycles. The normalized spacial score (nSPS) is 11.7. The standard InChI is InChI=1S/C25H21F2N5O2/c26-20-4-2-15(12-21(20)27)13-22(32-24(33)17-5-8-29-9-6-17)25(34)31-14-16-1-3-19-18(11-16)7-10-30-23(19)28/h1-12,22H,13-14H2,(H2,28,30)(H,31,34)(H,32,33)/t22-/m0/s1. The number of nitrogens with one attached hydrogen (secondary N) is 2. The Bertz CT molecular complexity index is 1350. The molecule has 0 aliphatic heterocycles. The Labute approximate surface area is 194 Å². The van der Waals surface area contributed by atoms with Crippen molar-refractivity contribution < 1.29 is 18.4 Å². The van der Waals surface area contributed by atoms with Crippen molar-refractivity contribution >= 4 is 28.4 Å². The number of carbonyl (C=O) groups excluding carboxylic acids is 2. The Kier molecular flexibility index (Phi) is 6.72. The second-order valence-corrected chi connectivity index (χ2v) is 7.68. The quantitative estimate of drug-likeness (QED) is 0.392. The number of nitrogens with two attached hydrogens (primary N) is 1. The average molecular weight is 461 g/mol. The van der Waals surface area contributed by atoms with Crippen LogP contribution < -0.4 is 16.4 Å². The first-order valence-corrected chi connectivity index (χ1v) is 10.5. The molecule has 1 atom stereocenters. The summed E-state index contributed by atoms with van der Waals surface area (Å²) >= 11 is 0. The Hall–Kier alpha value is -4.40. The number of aromatic nitrogens is 2. The van der Waals surface area contributed by atoms with Gasteiger partial charge in [-0.3, -0.25) is 14.6 Å². The topological polar surface area (TPSA) is 110 Å². The molecule has 0 aliphatic rings. The summed E-state index contributed by atoms with van der Waals surface area (Å²) in [5, 5.41) is 7.15. The van der Waals surface area contributed by atoms with Gasteiger partial charge in [-0.15, -0.1) is 0 Å². The molecular weight excluding hydrogens is 440 g/mol. The van der Waals surface area contributed by atoms with Crippen LogP contribution in [0.4, 0.5) is 14.6 Å². The summed E-state index contributed by atoms with van der Waals surface area (Å²) in [5.74, 6) is -2.56. The van der Waals surface area contributed by atoms with Gasteiger partial charge in [0.1, 0.15) is 11.9 Å². The highest BCUT2D eigenvalue weighted by Gasteiger charge is 2.22. The van der Waals surface area contributed by atoms with E-state index in [1.807, 2.05) is 24.3 Å². The molecule has 9 heteroatoms. The molecule has 2 heterocycles. The monoisotopic (exact) mass is 461 g/mol. The van der Waals surface area contributed by atoms with Crippen LogP contribution in [-0.2, 0) is 17.8 Å². The van der Waals surface area contributed by atoms with Crippen LogP contribution in [0.5, 0.6) is 0 Å². The van der Waals surface area contributed by atoms with Crippen molar-refractivity contribution in [2.24, 2.45) is 0 Å². The van der Waals surface area contributed by atoms with Gasteiger partial charge < -0.3 is 16.4 Å². The minimum absolute atomic E-state index is 0.0280. The molecule has 34 heavy (non-hydrogen) atoms. The molecule has 7 nitrogen and oxygen atoms in total. The Morgan fingerprint density at radius 2 is 1.68 bits per heavy atom. The maximum Gasteiger partial charge on any atom is 0.252 e. The summed E-state index contributed by atoms with van der Waals surface area (Å²) in [7, 11) is 0. The van der Waals surface area contributed by atoms with E-state index in [2.05, 4.69) is 20.6 Å². The summed E-state index contributed by atoms with van der Waals surface area (Å²) in [6.45, 7) is 0.191. The highest BCUT2D eigenvalue weighted by atomic mass is 19.2. The number of carbonyl (C=O) groups is 2. The molecule has 0 unspecified atom stereocenters. The number of pyridine rings is 2. The summed E-state index contributed by atoms with van der Waals surface area (Å²) in [6.07, 6.45) is 4.50. The molecular formula is C25H21F2N5O2. The van der Waals surface area contributed by atoms with E-state index in [-0.39, 0.29) is 13.0 Å². The first-order valence-electron chi connectivity index (χ1n) is 10.5. The summed E-state index contributed by atoms with van der Waals surface area (Å²) in [6, 6.07) is 12.7. The number of fused-ring (bicyclic) bond motifs is 1. The van der Waals surface area contributed by atoms with Gasteiger partial charge in [0.05, 0.1) is 0 Å². The van der Waals surface area contributed by atoms with Crippen LogP contribution in [0, 0.1) is 11.6 Å². The van der Waals surface area contributed by atoms with E-state index in [9.17, 15) is 18.4 Å². The molecule has 2 amide bonds. The maximum atomic E-state index is 13.7. The van der Waals surface area contributed by atoms with Crippen LogP contribution in [0.15, 0.2) is 73.2 Å².